The molecule has 5 rings (SSSR count). The lowest BCUT2D eigenvalue weighted by atomic mass is 9.96. The highest BCUT2D eigenvalue weighted by molar-refractivity contribution is 14.1. The van der Waals surface area contributed by atoms with Gasteiger partial charge in [0.15, 0.2) is 14.7 Å². The second kappa shape index (κ2) is 17.1. The summed E-state index contributed by atoms with van der Waals surface area (Å²) in [6, 6.07) is 44.1. The largest absolute Gasteiger partial charge is 0.222 e. The predicted molar refractivity (Wildman–Crippen MR) is 162 cm³/mol. The average Bonchev–Trinajstić information content (AvgIpc) is 2.97. The van der Waals surface area contributed by atoms with Gasteiger partial charge in [-0.1, -0.05) is 66.4 Å². The Morgan fingerprint density at radius 2 is 0.956 bits per heavy atom. The molecule has 1 N–H and O–H groups in total. The Morgan fingerprint density at radius 3 is 1.38 bits per heavy atom. The van der Waals surface area contributed by atoms with Crippen molar-refractivity contribution in [3.05, 3.63) is 136 Å². The fraction of sp³-hybridized carbons (Fsp3) is 0.0625. The number of benzene rings is 5. The number of aryl methyl sites for hydroxylation is 1. The maximum Gasteiger partial charge on any atom is 0.166 e. The number of hydrogen-bond donors (Lipinski definition) is 1. The fourth-order valence-corrected chi connectivity index (χ4v) is 7.61. The van der Waals surface area contributed by atoms with Crippen molar-refractivity contribution in [3.63, 3.8) is 0 Å². The third kappa shape index (κ3) is 13.2. The third-order valence-electron chi connectivity index (χ3n) is 6.00. The summed E-state index contributed by atoms with van der Waals surface area (Å²) in [4.78, 5) is 6.54. The monoisotopic (exact) mass is 800 g/mol. The van der Waals surface area contributed by atoms with Crippen LogP contribution in [0.2, 0.25) is 0 Å². The van der Waals surface area contributed by atoms with Crippen LogP contribution >= 0.6 is 34.4 Å². The summed E-state index contributed by atoms with van der Waals surface area (Å²) in [5.74, 6) is 0. The van der Waals surface area contributed by atoms with E-state index in [0.717, 1.165) is 0 Å². The van der Waals surface area contributed by atoms with Crippen molar-refractivity contribution in [1.29, 1.82) is 0 Å². The van der Waals surface area contributed by atoms with E-state index in [2.05, 4.69) is 158 Å². The Balaban J connectivity index is 0.000000482. The van der Waals surface area contributed by atoms with E-state index in [1.54, 1.807) is 0 Å². The van der Waals surface area contributed by atoms with Gasteiger partial charge < -0.3 is 0 Å². The lowest BCUT2D eigenvalue weighted by Gasteiger charge is -2.17. The SMILES string of the molecule is Cc1ccc(I)c(C)c1-c1ccc(Sc2ccc([S+](c3ccccc3)c3ccccc3)cc2)cc1.[O-][Cl+3]([O-])([O-])O.[O-][Cl+3]([O-])([O-])[O-]. The molecule has 0 aromatic heterocycles. The van der Waals surface area contributed by atoms with E-state index in [1.165, 1.54) is 50.3 Å². The van der Waals surface area contributed by atoms with Crippen LogP contribution in [0.3, 0.4) is 0 Å². The van der Waals surface area contributed by atoms with Crippen molar-refractivity contribution in [2.24, 2.45) is 0 Å². The van der Waals surface area contributed by atoms with Crippen LogP contribution in [0.25, 0.3) is 11.1 Å². The number of rotatable bonds is 6. The molecule has 236 valence electrons. The van der Waals surface area contributed by atoms with Crippen molar-refractivity contribution in [2.75, 3.05) is 0 Å². The lowest BCUT2D eigenvalue weighted by Crippen LogP contribution is -2.68. The van der Waals surface area contributed by atoms with Crippen molar-refractivity contribution in [1.82, 2.24) is 0 Å². The van der Waals surface area contributed by atoms with Gasteiger partial charge >= 0.3 is 0 Å². The summed E-state index contributed by atoms with van der Waals surface area (Å²) in [6.07, 6.45) is 0. The Kier molecular flexibility index (Phi) is 14.1. The van der Waals surface area contributed by atoms with Crippen LogP contribution in [-0.4, -0.2) is 4.66 Å². The molecule has 0 bridgehead atoms. The molecule has 0 saturated carbocycles. The normalized spacial score (nSPS) is 11.3. The van der Waals surface area contributed by atoms with Crippen molar-refractivity contribution in [3.8, 4) is 11.1 Å². The highest BCUT2D eigenvalue weighted by Crippen LogP contribution is 2.36. The fourth-order valence-electron chi connectivity index (χ4n) is 4.26. The zero-order valence-corrected chi connectivity index (χ0v) is 29.1. The summed E-state index contributed by atoms with van der Waals surface area (Å²) >= 11 is 4.24. The highest BCUT2D eigenvalue weighted by atomic mass is 127. The van der Waals surface area contributed by atoms with E-state index >= 15 is 0 Å². The van der Waals surface area contributed by atoms with Gasteiger partial charge in [-0.25, -0.2) is 18.6 Å². The quantitative estimate of drug-likeness (QED) is 0.193. The molecular formula is C32H27Cl2IO8S2. The Morgan fingerprint density at radius 1 is 0.578 bits per heavy atom. The Labute approximate surface area is 286 Å². The second-order valence-electron chi connectivity index (χ2n) is 9.17. The molecule has 13 heteroatoms. The maximum atomic E-state index is 8.60. The lowest BCUT2D eigenvalue weighted by molar-refractivity contribution is -2.00. The number of halogens is 3. The van der Waals surface area contributed by atoms with Gasteiger partial charge in [-0.3, -0.25) is 0 Å². The molecule has 8 nitrogen and oxygen atoms in total. The predicted octanol–water partition coefficient (Wildman–Crippen LogP) is 0.942. The summed E-state index contributed by atoms with van der Waals surface area (Å²) in [6.45, 7) is 4.41. The van der Waals surface area contributed by atoms with E-state index in [-0.39, 0.29) is 10.9 Å². The van der Waals surface area contributed by atoms with E-state index in [1.807, 2.05) is 11.8 Å². The van der Waals surface area contributed by atoms with Gasteiger partial charge in [-0.15, -0.1) is 10.2 Å². The van der Waals surface area contributed by atoms with Crippen LogP contribution in [0, 0.1) is 37.9 Å². The number of hydrogen-bond acceptors (Lipinski definition) is 9. The first-order chi connectivity index (χ1) is 21.1. The summed E-state index contributed by atoms with van der Waals surface area (Å²) in [5.41, 5.74) is 5.32. The topological polar surface area (TPSA) is 182 Å². The van der Waals surface area contributed by atoms with Crippen molar-refractivity contribution in [2.45, 2.75) is 38.3 Å². The zero-order chi connectivity index (χ0) is 33.2. The first-order valence-corrected chi connectivity index (χ1v) is 18.5. The standard InChI is InChI=1S/C32H26IS2.2ClHO4/c1-23-13-22-31(33)24(2)32(23)25-14-16-26(17-15-25)34-27-18-20-30(21-19-27)35(28-9-5-3-6-10-28)29-11-7-4-8-12-29;2*2-1(3,4)5/h3-22H,1-2H3;2*(H,2,3,4,5)/q+1;;/p-1. The van der Waals surface area contributed by atoms with E-state index in [9.17, 15) is 0 Å². The van der Waals surface area contributed by atoms with E-state index < -0.39 is 20.5 Å². The minimum atomic E-state index is -4.94. The molecule has 0 aliphatic rings. The Bertz CT molecular complexity index is 1570. The highest BCUT2D eigenvalue weighted by Gasteiger charge is 2.28. The molecule has 0 radical (unpaired) electrons. The van der Waals surface area contributed by atoms with Gasteiger partial charge in [0.2, 0.25) is 0 Å². The molecule has 0 spiro atoms. The Hall–Kier alpha value is -2.21. The van der Waals surface area contributed by atoms with Crippen LogP contribution in [0.5, 0.6) is 0 Å². The van der Waals surface area contributed by atoms with Crippen LogP contribution in [0.4, 0.5) is 0 Å². The summed E-state index contributed by atoms with van der Waals surface area (Å²) in [7, 11) is -9.75. The van der Waals surface area contributed by atoms with Crippen LogP contribution in [-0.2, 0) is 10.9 Å². The molecule has 0 amide bonds. The molecule has 0 unspecified atom stereocenters. The van der Waals surface area contributed by atoms with Gasteiger partial charge in [-0.05, 0) is 125 Å². The molecule has 5 aromatic rings. The average molecular weight is 802 g/mol. The summed E-state index contributed by atoms with van der Waals surface area (Å²) < 4.78 is 68.0. The van der Waals surface area contributed by atoms with Crippen LogP contribution in [0.15, 0.2) is 146 Å². The van der Waals surface area contributed by atoms with Gasteiger partial charge in [0.1, 0.15) is 0 Å². The molecule has 0 atom stereocenters. The maximum absolute atomic E-state index is 8.60. The molecule has 0 saturated heterocycles. The summed E-state index contributed by atoms with van der Waals surface area (Å²) in [5, 5.41) is 0. The first-order valence-electron chi connectivity index (χ1n) is 12.8. The smallest absolute Gasteiger partial charge is 0.166 e. The minimum absolute atomic E-state index is 0.110. The van der Waals surface area contributed by atoms with Gasteiger partial charge in [0.05, 0.1) is 25.8 Å². The molecule has 5 aromatic carbocycles. The molecule has 0 aliphatic heterocycles. The van der Waals surface area contributed by atoms with E-state index in [4.69, 9.17) is 37.3 Å². The molecule has 0 fully saturated rings. The minimum Gasteiger partial charge on any atom is -0.222 e. The molecule has 0 heterocycles. The van der Waals surface area contributed by atoms with Gasteiger partial charge in [-0.2, -0.15) is 14.0 Å². The van der Waals surface area contributed by atoms with Crippen LogP contribution < -0.4 is 32.6 Å². The van der Waals surface area contributed by atoms with Gasteiger partial charge in [0.25, 0.3) is 0 Å². The molecule has 0 aliphatic carbocycles. The zero-order valence-electron chi connectivity index (χ0n) is 23.8. The van der Waals surface area contributed by atoms with Gasteiger partial charge in [0, 0.05) is 13.4 Å². The first kappa shape index (κ1) is 37.2. The van der Waals surface area contributed by atoms with Crippen molar-refractivity contribution >= 4 is 45.2 Å². The molecule has 45 heavy (non-hydrogen) atoms. The molecular weight excluding hydrogens is 774 g/mol. The second-order valence-corrected chi connectivity index (χ2v) is 15.1. The third-order valence-corrected chi connectivity index (χ3v) is 10.4. The van der Waals surface area contributed by atoms with E-state index in [0.29, 0.717) is 0 Å². The van der Waals surface area contributed by atoms with Crippen LogP contribution in [0.1, 0.15) is 11.1 Å². The van der Waals surface area contributed by atoms with Crippen molar-refractivity contribution < 1.29 is 57.8 Å².